The molecule has 2 saturated heterocycles. The van der Waals surface area contributed by atoms with Gasteiger partial charge in [-0.05, 0) is 50.7 Å². The van der Waals surface area contributed by atoms with Crippen LogP contribution in [0, 0.1) is 12.8 Å². The third kappa shape index (κ3) is 4.96. The van der Waals surface area contributed by atoms with Crippen LogP contribution in [0.25, 0.3) is 0 Å². The van der Waals surface area contributed by atoms with Gasteiger partial charge in [0.1, 0.15) is 18.0 Å². The maximum absolute atomic E-state index is 12.9. The Labute approximate surface area is 170 Å². The van der Waals surface area contributed by atoms with Crippen molar-refractivity contribution in [3.05, 3.63) is 28.8 Å². The van der Waals surface area contributed by atoms with Gasteiger partial charge >= 0.3 is 0 Å². The average Bonchev–Trinajstić information content (AvgIpc) is 3.08. The quantitative estimate of drug-likeness (QED) is 0.768. The number of hydrogen-bond acceptors (Lipinski definition) is 5. The number of nitrogens with zero attached hydrogens (tertiary/aromatic N) is 2. The van der Waals surface area contributed by atoms with E-state index in [-0.39, 0.29) is 24.9 Å². The van der Waals surface area contributed by atoms with E-state index in [4.69, 9.17) is 26.8 Å². The van der Waals surface area contributed by atoms with Crippen LogP contribution >= 0.6 is 11.6 Å². The number of carbonyl (C=O) groups is 2. The van der Waals surface area contributed by atoms with Gasteiger partial charge in [0.2, 0.25) is 11.8 Å². The number of benzene rings is 1. The Bertz CT molecular complexity index is 744. The van der Waals surface area contributed by atoms with Crippen LogP contribution in [-0.2, 0) is 14.3 Å². The first-order chi connectivity index (χ1) is 13.3. The van der Waals surface area contributed by atoms with Crippen molar-refractivity contribution in [2.75, 3.05) is 46.4 Å². The predicted octanol–water partition coefficient (Wildman–Crippen LogP) is 1.45. The molecule has 2 N–H and O–H groups in total. The van der Waals surface area contributed by atoms with Gasteiger partial charge in [-0.1, -0.05) is 11.6 Å². The van der Waals surface area contributed by atoms with Crippen LogP contribution in [-0.4, -0.2) is 73.7 Å². The third-order valence-corrected chi connectivity index (χ3v) is 5.85. The van der Waals surface area contributed by atoms with Crippen LogP contribution in [0.2, 0.25) is 5.02 Å². The van der Waals surface area contributed by atoms with Gasteiger partial charge in [-0.25, -0.2) is 0 Å². The highest BCUT2D eigenvalue weighted by Crippen LogP contribution is 2.28. The maximum atomic E-state index is 12.9. The van der Waals surface area contributed by atoms with E-state index in [9.17, 15) is 9.59 Å². The molecule has 2 atom stereocenters. The molecule has 0 aliphatic carbocycles. The Kier molecular flexibility index (Phi) is 6.47. The van der Waals surface area contributed by atoms with E-state index in [0.717, 1.165) is 25.1 Å². The Morgan fingerprint density at radius 1 is 1.39 bits per heavy atom. The molecule has 1 aromatic rings. The number of morpholine rings is 1. The highest BCUT2D eigenvalue weighted by atomic mass is 35.5. The molecule has 154 valence electrons. The largest absolute Gasteiger partial charge is 0.490 e. The minimum atomic E-state index is -0.947. The van der Waals surface area contributed by atoms with Gasteiger partial charge < -0.3 is 25.0 Å². The van der Waals surface area contributed by atoms with Crippen LogP contribution in [0.15, 0.2) is 18.2 Å². The first-order valence-corrected chi connectivity index (χ1v) is 9.94. The number of amides is 2. The van der Waals surface area contributed by atoms with Gasteiger partial charge in [0, 0.05) is 18.1 Å². The van der Waals surface area contributed by atoms with Crippen molar-refractivity contribution in [3.8, 4) is 5.75 Å². The lowest BCUT2D eigenvalue weighted by atomic mass is 9.96. The Morgan fingerprint density at radius 2 is 2.18 bits per heavy atom. The molecule has 0 spiro atoms. The first-order valence-electron chi connectivity index (χ1n) is 9.56. The molecule has 28 heavy (non-hydrogen) atoms. The average molecular weight is 410 g/mol. The molecule has 1 aromatic carbocycles. The van der Waals surface area contributed by atoms with Gasteiger partial charge in [-0.15, -0.1) is 0 Å². The summed E-state index contributed by atoms with van der Waals surface area (Å²) in [5.74, 6) is 0.263. The number of nitrogens with two attached hydrogens (primary N) is 1. The first kappa shape index (κ1) is 20.9. The van der Waals surface area contributed by atoms with Crippen molar-refractivity contribution in [2.45, 2.75) is 25.4 Å². The Morgan fingerprint density at radius 3 is 2.82 bits per heavy atom. The SMILES string of the molecule is Cc1cc(OC[C@]2(CC(N)=O)CN(C(=O)[C@@H]3CCN(C)C3)CCO2)ccc1Cl. The zero-order valence-corrected chi connectivity index (χ0v) is 17.2. The predicted molar refractivity (Wildman–Crippen MR) is 106 cm³/mol. The van der Waals surface area contributed by atoms with E-state index >= 15 is 0 Å². The molecule has 0 bridgehead atoms. The van der Waals surface area contributed by atoms with E-state index < -0.39 is 11.5 Å². The smallest absolute Gasteiger partial charge is 0.227 e. The standard InChI is InChI=1S/C20H28ClN3O4/c1-14-9-16(3-4-17(14)21)27-13-20(10-18(22)25)12-24(7-8-28-20)19(26)15-5-6-23(2)11-15/h3-4,9,15H,5-8,10-13H2,1-2H3,(H2,22,25)/t15-,20+/m1/s1. The fourth-order valence-electron chi connectivity index (χ4n) is 3.91. The van der Waals surface area contributed by atoms with Crippen molar-refractivity contribution < 1.29 is 19.1 Å². The summed E-state index contributed by atoms with van der Waals surface area (Å²) in [4.78, 5) is 28.6. The van der Waals surface area contributed by atoms with Crippen LogP contribution in [0.4, 0.5) is 0 Å². The lowest BCUT2D eigenvalue weighted by Gasteiger charge is -2.42. The van der Waals surface area contributed by atoms with Gasteiger partial charge in [-0.3, -0.25) is 9.59 Å². The molecule has 0 unspecified atom stereocenters. The molecule has 2 aliphatic rings. The van der Waals surface area contributed by atoms with E-state index in [0.29, 0.717) is 30.5 Å². The van der Waals surface area contributed by atoms with E-state index in [2.05, 4.69) is 4.90 Å². The van der Waals surface area contributed by atoms with Crippen molar-refractivity contribution in [3.63, 3.8) is 0 Å². The molecule has 3 rings (SSSR count). The van der Waals surface area contributed by atoms with Crippen LogP contribution in [0.5, 0.6) is 5.75 Å². The number of primary amides is 1. The number of rotatable bonds is 6. The molecule has 7 nitrogen and oxygen atoms in total. The molecule has 2 aliphatic heterocycles. The molecule has 8 heteroatoms. The van der Waals surface area contributed by atoms with Crippen molar-refractivity contribution in [2.24, 2.45) is 11.7 Å². The molecule has 0 radical (unpaired) electrons. The Hall–Kier alpha value is -1.83. The normalized spacial score (nSPS) is 25.7. The summed E-state index contributed by atoms with van der Waals surface area (Å²) in [6.45, 7) is 4.87. The minimum absolute atomic E-state index is 0.00536. The number of carbonyl (C=O) groups excluding carboxylic acids is 2. The van der Waals surface area contributed by atoms with Gasteiger partial charge in [0.05, 0.1) is 25.5 Å². The molecule has 2 heterocycles. The third-order valence-electron chi connectivity index (χ3n) is 5.43. The zero-order valence-electron chi connectivity index (χ0n) is 16.4. The van der Waals surface area contributed by atoms with E-state index in [1.54, 1.807) is 17.0 Å². The second-order valence-corrected chi connectivity index (χ2v) is 8.29. The lowest BCUT2D eigenvalue weighted by Crippen LogP contribution is -2.58. The summed E-state index contributed by atoms with van der Waals surface area (Å²) in [6, 6.07) is 5.37. The zero-order chi connectivity index (χ0) is 20.3. The Balaban J connectivity index is 1.71. The molecule has 2 amide bonds. The van der Waals surface area contributed by atoms with Crippen LogP contribution < -0.4 is 10.5 Å². The van der Waals surface area contributed by atoms with E-state index in [1.165, 1.54) is 0 Å². The summed E-state index contributed by atoms with van der Waals surface area (Å²) in [5.41, 5.74) is 5.43. The number of hydrogen-bond donors (Lipinski definition) is 1. The molecule has 2 fully saturated rings. The highest BCUT2D eigenvalue weighted by Gasteiger charge is 2.42. The molecule has 0 aromatic heterocycles. The monoisotopic (exact) mass is 409 g/mol. The second-order valence-electron chi connectivity index (χ2n) is 7.88. The van der Waals surface area contributed by atoms with Crippen LogP contribution in [0.3, 0.4) is 0 Å². The van der Waals surface area contributed by atoms with Crippen LogP contribution in [0.1, 0.15) is 18.4 Å². The van der Waals surface area contributed by atoms with Crippen molar-refractivity contribution in [1.82, 2.24) is 9.80 Å². The fourth-order valence-corrected chi connectivity index (χ4v) is 4.03. The minimum Gasteiger partial charge on any atom is -0.490 e. The second kappa shape index (κ2) is 8.68. The lowest BCUT2D eigenvalue weighted by molar-refractivity contribution is -0.164. The number of ether oxygens (including phenoxy) is 2. The van der Waals surface area contributed by atoms with Gasteiger partial charge in [-0.2, -0.15) is 0 Å². The number of likely N-dealkylation sites (tertiary alicyclic amines) is 1. The summed E-state index contributed by atoms with van der Waals surface area (Å²) >= 11 is 6.06. The summed E-state index contributed by atoms with van der Waals surface area (Å²) in [5, 5.41) is 0.659. The van der Waals surface area contributed by atoms with E-state index in [1.807, 2.05) is 20.0 Å². The number of aryl methyl sites for hydroxylation is 1. The molecule has 0 saturated carbocycles. The van der Waals surface area contributed by atoms with Gasteiger partial charge in [0.25, 0.3) is 0 Å². The molecular formula is C20H28ClN3O4. The fraction of sp³-hybridized carbons (Fsp3) is 0.600. The molecular weight excluding hydrogens is 382 g/mol. The summed E-state index contributed by atoms with van der Waals surface area (Å²) < 4.78 is 11.9. The maximum Gasteiger partial charge on any atom is 0.227 e. The van der Waals surface area contributed by atoms with Gasteiger partial charge in [0.15, 0.2) is 0 Å². The summed E-state index contributed by atoms with van der Waals surface area (Å²) in [6.07, 6.45) is 0.851. The highest BCUT2D eigenvalue weighted by molar-refractivity contribution is 6.31. The van der Waals surface area contributed by atoms with Crippen molar-refractivity contribution in [1.29, 1.82) is 0 Å². The number of halogens is 1. The summed E-state index contributed by atoms with van der Waals surface area (Å²) in [7, 11) is 2.02. The van der Waals surface area contributed by atoms with Crippen molar-refractivity contribution >= 4 is 23.4 Å². The topological polar surface area (TPSA) is 85.1 Å².